The molecular formula is C16H32N2. The lowest BCUT2D eigenvalue weighted by atomic mass is 9.81. The van der Waals surface area contributed by atoms with Gasteiger partial charge in [-0.25, -0.2) is 0 Å². The van der Waals surface area contributed by atoms with Gasteiger partial charge < -0.3 is 5.32 Å². The highest BCUT2D eigenvalue weighted by Crippen LogP contribution is 2.38. The summed E-state index contributed by atoms with van der Waals surface area (Å²) in [6, 6.07) is 0.653. The molecular weight excluding hydrogens is 220 g/mol. The smallest absolute Gasteiger partial charge is 0.0334 e. The Labute approximate surface area is 114 Å². The second-order valence-corrected chi connectivity index (χ2v) is 7.53. The molecule has 1 N–H and O–H groups in total. The molecule has 2 aliphatic rings. The molecule has 1 unspecified atom stereocenters. The van der Waals surface area contributed by atoms with Crippen molar-refractivity contribution in [1.29, 1.82) is 0 Å². The number of hydrogen-bond acceptors (Lipinski definition) is 2. The van der Waals surface area contributed by atoms with E-state index in [9.17, 15) is 0 Å². The summed E-state index contributed by atoms with van der Waals surface area (Å²) < 4.78 is 0. The quantitative estimate of drug-likeness (QED) is 0.828. The van der Waals surface area contributed by atoms with Crippen LogP contribution in [-0.4, -0.2) is 36.1 Å². The molecule has 1 aliphatic carbocycles. The molecule has 0 aromatic rings. The van der Waals surface area contributed by atoms with E-state index in [1.807, 2.05) is 0 Å². The first kappa shape index (κ1) is 14.3. The molecule has 2 rings (SSSR count). The van der Waals surface area contributed by atoms with Gasteiger partial charge in [0.2, 0.25) is 0 Å². The minimum Gasteiger partial charge on any atom is -0.310 e. The van der Waals surface area contributed by atoms with Crippen LogP contribution in [0.15, 0.2) is 0 Å². The summed E-state index contributed by atoms with van der Waals surface area (Å²) in [5.41, 5.74) is 0.890. The van der Waals surface area contributed by atoms with Crippen LogP contribution in [0, 0.1) is 5.41 Å². The van der Waals surface area contributed by atoms with Crippen molar-refractivity contribution in [2.45, 2.75) is 77.8 Å². The normalized spacial score (nSPS) is 29.0. The van der Waals surface area contributed by atoms with Gasteiger partial charge in [-0.15, -0.1) is 0 Å². The Hall–Kier alpha value is -0.0800. The average Bonchev–Trinajstić information content (AvgIpc) is 2.76. The van der Waals surface area contributed by atoms with E-state index >= 15 is 0 Å². The number of unbranched alkanes of at least 4 members (excludes halogenated alkanes) is 1. The largest absolute Gasteiger partial charge is 0.310 e. The Bertz CT molecular complexity index is 261. The highest BCUT2D eigenvalue weighted by molar-refractivity contribution is 5.03. The average molecular weight is 252 g/mol. The second-order valence-electron chi connectivity index (χ2n) is 7.53. The standard InChI is InChI=1S/C16H32N2/c1-5-6-11-18-12-14(15(2,3)4)17-13-16(18)9-7-8-10-16/h14,17H,5-13H2,1-4H3. The summed E-state index contributed by atoms with van der Waals surface area (Å²) in [4.78, 5) is 2.84. The molecule has 1 saturated heterocycles. The number of nitrogens with one attached hydrogen (secondary N) is 1. The maximum atomic E-state index is 3.86. The van der Waals surface area contributed by atoms with Gasteiger partial charge in [-0.1, -0.05) is 47.0 Å². The summed E-state index contributed by atoms with van der Waals surface area (Å²) >= 11 is 0. The predicted molar refractivity (Wildman–Crippen MR) is 78.9 cm³/mol. The summed E-state index contributed by atoms with van der Waals surface area (Å²) in [7, 11) is 0. The fourth-order valence-corrected chi connectivity index (χ4v) is 3.69. The molecule has 2 fully saturated rings. The number of rotatable bonds is 3. The number of piperazine rings is 1. The first-order chi connectivity index (χ1) is 8.48. The maximum absolute atomic E-state index is 3.86. The minimum absolute atomic E-state index is 0.380. The summed E-state index contributed by atoms with van der Waals surface area (Å²) in [6.07, 6.45) is 8.38. The topological polar surface area (TPSA) is 15.3 Å². The van der Waals surface area contributed by atoms with E-state index in [1.165, 1.54) is 58.2 Å². The van der Waals surface area contributed by atoms with E-state index in [1.54, 1.807) is 0 Å². The molecule has 1 aliphatic heterocycles. The minimum atomic E-state index is 0.380. The van der Waals surface area contributed by atoms with Gasteiger partial charge in [-0.05, 0) is 31.2 Å². The van der Waals surface area contributed by atoms with Crippen LogP contribution >= 0.6 is 0 Å². The molecule has 2 nitrogen and oxygen atoms in total. The zero-order chi connectivity index (χ0) is 13.2. The molecule has 1 saturated carbocycles. The Morgan fingerprint density at radius 1 is 1.22 bits per heavy atom. The lowest BCUT2D eigenvalue weighted by Gasteiger charge is -2.51. The summed E-state index contributed by atoms with van der Waals surface area (Å²) in [5.74, 6) is 0. The van der Waals surface area contributed by atoms with Crippen molar-refractivity contribution in [2.24, 2.45) is 5.41 Å². The van der Waals surface area contributed by atoms with Gasteiger partial charge in [-0.3, -0.25) is 4.90 Å². The van der Waals surface area contributed by atoms with E-state index in [4.69, 9.17) is 0 Å². The van der Waals surface area contributed by atoms with Gasteiger partial charge in [0, 0.05) is 24.7 Å². The van der Waals surface area contributed by atoms with Crippen LogP contribution in [-0.2, 0) is 0 Å². The SMILES string of the molecule is CCCCN1CC(C(C)(C)C)NCC12CCCC2. The first-order valence-corrected chi connectivity index (χ1v) is 7.96. The lowest BCUT2D eigenvalue weighted by Crippen LogP contribution is -2.66. The van der Waals surface area contributed by atoms with E-state index in [0.29, 0.717) is 17.0 Å². The van der Waals surface area contributed by atoms with E-state index in [2.05, 4.69) is 37.9 Å². The van der Waals surface area contributed by atoms with E-state index < -0.39 is 0 Å². The highest BCUT2D eigenvalue weighted by Gasteiger charge is 2.44. The third kappa shape index (κ3) is 2.91. The van der Waals surface area contributed by atoms with Crippen LogP contribution in [0.5, 0.6) is 0 Å². The highest BCUT2D eigenvalue weighted by atomic mass is 15.3. The molecule has 1 atom stereocenters. The van der Waals surface area contributed by atoms with Crippen LogP contribution in [0.2, 0.25) is 0 Å². The van der Waals surface area contributed by atoms with Gasteiger partial charge in [0.15, 0.2) is 0 Å². The summed E-state index contributed by atoms with van der Waals surface area (Å²) in [5, 5.41) is 3.86. The Kier molecular flexibility index (Phi) is 4.38. The van der Waals surface area contributed by atoms with Crippen molar-refractivity contribution in [1.82, 2.24) is 10.2 Å². The Morgan fingerprint density at radius 3 is 2.44 bits per heavy atom. The zero-order valence-corrected chi connectivity index (χ0v) is 12.9. The third-order valence-electron chi connectivity index (χ3n) is 5.11. The molecule has 0 bridgehead atoms. The van der Waals surface area contributed by atoms with E-state index in [0.717, 1.165) is 0 Å². The molecule has 0 radical (unpaired) electrons. The van der Waals surface area contributed by atoms with Crippen molar-refractivity contribution in [3.05, 3.63) is 0 Å². The van der Waals surface area contributed by atoms with Crippen molar-refractivity contribution in [2.75, 3.05) is 19.6 Å². The van der Waals surface area contributed by atoms with Crippen LogP contribution in [0.4, 0.5) is 0 Å². The zero-order valence-electron chi connectivity index (χ0n) is 12.9. The van der Waals surface area contributed by atoms with Gasteiger partial charge in [0.25, 0.3) is 0 Å². The van der Waals surface area contributed by atoms with Gasteiger partial charge >= 0.3 is 0 Å². The Balaban J connectivity index is 2.05. The first-order valence-electron chi connectivity index (χ1n) is 7.96. The molecule has 2 heteroatoms. The fourth-order valence-electron chi connectivity index (χ4n) is 3.69. The number of hydrogen-bond donors (Lipinski definition) is 1. The summed E-state index contributed by atoms with van der Waals surface area (Å²) in [6.45, 7) is 13.2. The predicted octanol–water partition coefficient (Wildman–Crippen LogP) is 3.42. The van der Waals surface area contributed by atoms with Crippen molar-refractivity contribution < 1.29 is 0 Å². The molecule has 18 heavy (non-hydrogen) atoms. The monoisotopic (exact) mass is 252 g/mol. The maximum Gasteiger partial charge on any atom is 0.0334 e. The lowest BCUT2D eigenvalue weighted by molar-refractivity contribution is 0.0163. The number of nitrogens with zero attached hydrogens (tertiary/aromatic N) is 1. The molecule has 1 spiro atoms. The Morgan fingerprint density at radius 2 is 1.89 bits per heavy atom. The van der Waals surface area contributed by atoms with Crippen LogP contribution in [0.3, 0.4) is 0 Å². The second kappa shape index (κ2) is 5.50. The van der Waals surface area contributed by atoms with Crippen LogP contribution in [0.1, 0.15) is 66.2 Å². The molecule has 0 aromatic carbocycles. The van der Waals surface area contributed by atoms with Crippen LogP contribution in [0.25, 0.3) is 0 Å². The molecule has 1 heterocycles. The van der Waals surface area contributed by atoms with Crippen molar-refractivity contribution in [3.8, 4) is 0 Å². The molecule has 0 amide bonds. The van der Waals surface area contributed by atoms with Gasteiger partial charge in [0.05, 0.1) is 0 Å². The van der Waals surface area contributed by atoms with Gasteiger partial charge in [-0.2, -0.15) is 0 Å². The fraction of sp³-hybridized carbons (Fsp3) is 1.00. The van der Waals surface area contributed by atoms with Gasteiger partial charge in [0.1, 0.15) is 0 Å². The van der Waals surface area contributed by atoms with Crippen LogP contribution < -0.4 is 5.32 Å². The molecule has 106 valence electrons. The molecule has 0 aromatic heterocycles. The van der Waals surface area contributed by atoms with Crippen molar-refractivity contribution in [3.63, 3.8) is 0 Å². The van der Waals surface area contributed by atoms with E-state index in [-0.39, 0.29) is 0 Å². The third-order valence-corrected chi connectivity index (χ3v) is 5.11. The van der Waals surface area contributed by atoms with Crippen molar-refractivity contribution >= 4 is 0 Å².